The fourth-order valence-corrected chi connectivity index (χ4v) is 2.81. The molecule has 0 radical (unpaired) electrons. The Kier molecular flexibility index (Phi) is 5.77. The number of carbonyl (C=O) groups is 2. The summed E-state index contributed by atoms with van der Waals surface area (Å²) in [6, 6.07) is 14.1. The number of esters is 1. The first-order chi connectivity index (χ1) is 13.1. The molecule has 8 heteroatoms. The van der Waals surface area contributed by atoms with Crippen molar-refractivity contribution in [3.05, 3.63) is 75.8 Å². The maximum Gasteiger partial charge on any atom is 0.346 e. The second-order valence-corrected chi connectivity index (χ2v) is 5.91. The number of rotatable bonds is 5. The molecule has 1 heterocycles. The Bertz CT molecular complexity index is 833. The van der Waals surface area contributed by atoms with Crippen LogP contribution in [0.4, 0.5) is 5.69 Å². The molecular formula is C19H18N2O6. The number of nitro benzene ring substituents is 1. The van der Waals surface area contributed by atoms with Crippen molar-refractivity contribution in [2.24, 2.45) is 0 Å². The highest BCUT2D eigenvalue weighted by atomic mass is 16.6. The summed E-state index contributed by atoms with van der Waals surface area (Å²) in [7, 11) is 0. The van der Waals surface area contributed by atoms with Gasteiger partial charge in [0.2, 0.25) is 6.10 Å². The number of hydrogen-bond donors (Lipinski definition) is 0. The normalized spacial score (nSPS) is 15.0. The number of benzene rings is 2. The number of morpholine rings is 1. The molecule has 1 fully saturated rings. The Labute approximate surface area is 155 Å². The molecular weight excluding hydrogens is 352 g/mol. The summed E-state index contributed by atoms with van der Waals surface area (Å²) >= 11 is 0. The van der Waals surface area contributed by atoms with Crippen LogP contribution in [0, 0.1) is 10.1 Å². The maximum absolute atomic E-state index is 12.9. The summed E-state index contributed by atoms with van der Waals surface area (Å²) in [4.78, 5) is 37.6. The lowest BCUT2D eigenvalue weighted by Crippen LogP contribution is -2.44. The van der Waals surface area contributed by atoms with Crippen molar-refractivity contribution in [3.63, 3.8) is 0 Å². The lowest BCUT2D eigenvalue weighted by atomic mass is 10.1. The lowest BCUT2D eigenvalue weighted by Gasteiger charge is -2.30. The topological polar surface area (TPSA) is 99.0 Å². The van der Waals surface area contributed by atoms with Crippen molar-refractivity contribution in [1.82, 2.24) is 4.90 Å². The van der Waals surface area contributed by atoms with Crippen molar-refractivity contribution >= 4 is 17.6 Å². The summed E-state index contributed by atoms with van der Waals surface area (Å²) in [5.74, 6) is -1.30. The molecule has 140 valence electrons. The van der Waals surface area contributed by atoms with E-state index in [1.807, 2.05) is 0 Å². The maximum atomic E-state index is 12.9. The van der Waals surface area contributed by atoms with E-state index in [0.717, 1.165) is 0 Å². The van der Waals surface area contributed by atoms with Crippen LogP contribution in [0.25, 0.3) is 0 Å². The average molecular weight is 370 g/mol. The molecule has 1 amide bonds. The van der Waals surface area contributed by atoms with Crippen molar-refractivity contribution in [3.8, 4) is 0 Å². The second kappa shape index (κ2) is 8.41. The van der Waals surface area contributed by atoms with E-state index in [4.69, 9.17) is 9.47 Å². The van der Waals surface area contributed by atoms with Crippen LogP contribution in [0.15, 0.2) is 54.6 Å². The van der Waals surface area contributed by atoms with Gasteiger partial charge in [-0.15, -0.1) is 0 Å². The number of carbonyl (C=O) groups excluding carboxylic acids is 2. The second-order valence-electron chi connectivity index (χ2n) is 5.91. The van der Waals surface area contributed by atoms with Crippen molar-refractivity contribution < 1.29 is 24.0 Å². The molecule has 1 saturated heterocycles. The number of nitrogens with zero attached hydrogens (tertiary/aromatic N) is 2. The van der Waals surface area contributed by atoms with Gasteiger partial charge in [0.25, 0.3) is 11.6 Å². The summed E-state index contributed by atoms with van der Waals surface area (Å²) in [6.07, 6.45) is -1.18. The van der Waals surface area contributed by atoms with E-state index >= 15 is 0 Å². The molecule has 0 spiro atoms. The summed E-state index contributed by atoms with van der Waals surface area (Å²) in [6.45, 7) is 1.60. The van der Waals surface area contributed by atoms with E-state index in [1.165, 1.54) is 24.3 Å². The molecule has 3 rings (SSSR count). The zero-order valence-corrected chi connectivity index (χ0v) is 14.4. The standard InChI is InChI=1S/C19H18N2O6/c22-18(20-10-12-26-13-11-20)17(14-6-2-1-3-7-14)27-19(23)15-8-4-5-9-16(15)21(24)25/h1-9,17H,10-13H2/t17-/m1/s1. The number of para-hydroxylation sites is 1. The van der Waals surface area contributed by atoms with Crippen LogP contribution in [0.1, 0.15) is 22.0 Å². The predicted molar refractivity (Wildman–Crippen MR) is 95.1 cm³/mol. The highest BCUT2D eigenvalue weighted by Crippen LogP contribution is 2.25. The first-order valence-corrected chi connectivity index (χ1v) is 8.44. The van der Waals surface area contributed by atoms with Gasteiger partial charge in [0.05, 0.1) is 18.1 Å². The zero-order chi connectivity index (χ0) is 19.2. The van der Waals surface area contributed by atoms with Crippen LogP contribution >= 0.6 is 0 Å². The fraction of sp³-hybridized carbons (Fsp3) is 0.263. The highest BCUT2D eigenvalue weighted by molar-refractivity contribution is 5.96. The van der Waals surface area contributed by atoms with E-state index < -0.39 is 17.0 Å². The van der Waals surface area contributed by atoms with E-state index in [2.05, 4.69) is 0 Å². The van der Waals surface area contributed by atoms with Crippen LogP contribution in [0.2, 0.25) is 0 Å². The number of ether oxygens (including phenoxy) is 2. The van der Waals surface area contributed by atoms with Crippen LogP contribution < -0.4 is 0 Å². The van der Waals surface area contributed by atoms with Gasteiger partial charge in [0.1, 0.15) is 5.56 Å². The molecule has 2 aromatic carbocycles. The molecule has 2 aromatic rings. The number of hydrogen-bond acceptors (Lipinski definition) is 6. The molecule has 1 atom stereocenters. The van der Waals surface area contributed by atoms with Gasteiger partial charge in [-0.25, -0.2) is 4.79 Å². The van der Waals surface area contributed by atoms with Gasteiger partial charge >= 0.3 is 5.97 Å². The van der Waals surface area contributed by atoms with Gasteiger partial charge in [0.15, 0.2) is 0 Å². The molecule has 0 N–H and O–H groups in total. The quantitative estimate of drug-likeness (QED) is 0.455. The van der Waals surface area contributed by atoms with Gasteiger partial charge in [-0.2, -0.15) is 0 Å². The van der Waals surface area contributed by atoms with Crippen molar-refractivity contribution in [1.29, 1.82) is 0 Å². The molecule has 0 bridgehead atoms. The van der Waals surface area contributed by atoms with E-state index in [-0.39, 0.29) is 17.2 Å². The summed E-state index contributed by atoms with van der Waals surface area (Å²) in [5, 5.41) is 11.2. The fourth-order valence-electron chi connectivity index (χ4n) is 2.81. The van der Waals surface area contributed by atoms with Gasteiger partial charge in [-0.3, -0.25) is 14.9 Å². The van der Waals surface area contributed by atoms with Gasteiger partial charge in [-0.05, 0) is 6.07 Å². The Morgan fingerprint density at radius 1 is 1.04 bits per heavy atom. The third kappa shape index (κ3) is 4.29. The SMILES string of the molecule is O=C(O[C@@H](C(=O)N1CCOCC1)c1ccccc1)c1ccccc1[N+](=O)[O-]. The van der Waals surface area contributed by atoms with E-state index in [0.29, 0.717) is 31.9 Å². The summed E-state index contributed by atoms with van der Waals surface area (Å²) in [5.41, 5.74) is -0.0627. The predicted octanol–water partition coefficient (Wildman–Crippen LogP) is 2.35. The molecule has 0 unspecified atom stereocenters. The molecule has 8 nitrogen and oxygen atoms in total. The monoisotopic (exact) mass is 370 g/mol. The molecule has 0 saturated carbocycles. The zero-order valence-electron chi connectivity index (χ0n) is 14.4. The third-order valence-corrected chi connectivity index (χ3v) is 4.19. The van der Waals surface area contributed by atoms with Crippen LogP contribution in [0.3, 0.4) is 0 Å². The Morgan fingerprint density at radius 3 is 2.33 bits per heavy atom. The average Bonchev–Trinajstić information content (AvgIpc) is 2.72. The molecule has 0 aliphatic carbocycles. The van der Waals surface area contributed by atoms with Gasteiger partial charge in [-0.1, -0.05) is 42.5 Å². The smallest absolute Gasteiger partial charge is 0.346 e. The molecule has 1 aliphatic heterocycles. The van der Waals surface area contributed by atoms with E-state index in [1.54, 1.807) is 35.2 Å². The largest absolute Gasteiger partial charge is 0.443 e. The number of amides is 1. The van der Waals surface area contributed by atoms with Crippen molar-refractivity contribution in [2.75, 3.05) is 26.3 Å². The minimum absolute atomic E-state index is 0.196. The minimum atomic E-state index is -1.18. The van der Waals surface area contributed by atoms with Crippen LogP contribution in [-0.4, -0.2) is 48.0 Å². The Balaban J connectivity index is 1.89. The highest BCUT2D eigenvalue weighted by Gasteiger charge is 2.32. The number of nitro groups is 1. The molecule has 1 aliphatic rings. The lowest BCUT2D eigenvalue weighted by molar-refractivity contribution is -0.385. The summed E-state index contributed by atoms with van der Waals surface area (Å²) < 4.78 is 10.7. The first kappa shape index (κ1) is 18.5. The van der Waals surface area contributed by atoms with Crippen LogP contribution in [0.5, 0.6) is 0 Å². The minimum Gasteiger partial charge on any atom is -0.443 e. The van der Waals surface area contributed by atoms with E-state index in [9.17, 15) is 19.7 Å². The Hall–Kier alpha value is -3.26. The Morgan fingerprint density at radius 2 is 1.67 bits per heavy atom. The molecule has 27 heavy (non-hydrogen) atoms. The first-order valence-electron chi connectivity index (χ1n) is 8.44. The van der Waals surface area contributed by atoms with Crippen LogP contribution in [-0.2, 0) is 14.3 Å². The van der Waals surface area contributed by atoms with Gasteiger partial charge < -0.3 is 14.4 Å². The van der Waals surface area contributed by atoms with Gasteiger partial charge in [0, 0.05) is 24.7 Å². The van der Waals surface area contributed by atoms with Crippen molar-refractivity contribution in [2.45, 2.75) is 6.10 Å². The molecule has 0 aromatic heterocycles. The third-order valence-electron chi connectivity index (χ3n) is 4.19.